The van der Waals surface area contributed by atoms with E-state index in [0.717, 1.165) is 32.8 Å². The highest BCUT2D eigenvalue weighted by atomic mass is 35.5. The van der Waals surface area contributed by atoms with E-state index in [4.69, 9.17) is 22.1 Å². The second-order valence-electron chi connectivity index (χ2n) is 4.23. The molecule has 0 bridgehead atoms. The van der Waals surface area contributed by atoms with Gasteiger partial charge in [0.2, 0.25) is 0 Å². The van der Waals surface area contributed by atoms with Gasteiger partial charge in [0.05, 0.1) is 29.6 Å². The summed E-state index contributed by atoms with van der Waals surface area (Å²) >= 11 is 5.64. The van der Waals surface area contributed by atoms with Crippen molar-refractivity contribution < 1.29 is 9.13 Å². The van der Waals surface area contributed by atoms with Crippen molar-refractivity contribution in [2.24, 2.45) is 0 Å². The van der Waals surface area contributed by atoms with Crippen molar-refractivity contribution in [2.75, 3.05) is 50.4 Å². The van der Waals surface area contributed by atoms with Crippen LogP contribution in [0.1, 0.15) is 0 Å². The minimum absolute atomic E-state index is 0.0474. The van der Waals surface area contributed by atoms with Gasteiger partial charge in [-0.15, -0.1) is 0 Å². The van der Waals surface area contributed by atoms with Crippen LogP contribution in [0.2, 0.25) is 5.02 Å². The van der Waals surface area contributed by atoms with Crippen LogP contribution in [0.3, 0.4) is 0 Å². The number of nitrogens with one attached hydrogen (secondary N) is 1. The number of rotatable bonds is 4. The number of ether oxygens (including phenoxy) is 1. The molecule has 1 aliphatic rings. The van der Waals surface area contributed by atoms with Crippen LogP contribution in [0, 0.1) is 5.82 Å². The molecule has 0 saturated carbocycles. The Morgan fingerprint density at radius 1 is 1.39 bits per heavy atom. The highest BCUT2D eigenvalue weighted by Crippen LogP contribution is 2.25. The van der Waals surface area contributed by atoms with Gasteiger partial charge in [-0.1, -0.05) is 11.6 Å². The summed E-state index contributed by atoms with van der Waals surface area (Å²) in [5.74, 6) is -0.459. The highest BCUT2D eigenvalue weighted by Gasteiger charge is 2.10. The fourth-order valence-electron chi connectivity index (χ4n) is 1.89. The predicted molar refractivity (Wildman–Crippen MR) is 71.6 cm³/mol. The number of halogens is 2. The molecule has 0 amide bonds. The third-order valence-electron chi connectivity index (χ3n) is 2.94. The number of nitrogens with zero attached hydrogens (tertiary/aromatic N) is 1. The molecular weight excluding hydrogens is 257 g/mol. The summed E-state index contributed by atoms with van der Waals surface area (Å²) in [7, 11) is 0. The first-order valence-corrected chi connectivity index (χ1v) is 6.33. The third-order valence-corrected chi connectivity index (χ3v) is 3.23. The Balaban J connectivity index is 1.84. The largest absolute Gasteiger partial charge is 0.397 e. The van der Waals surface area contributed by atoms with Crippen LogP contribution in [0.4, 0.5) is 15.8 Å². The third kappa shape index (κ3) is 3.48. The van der Waals surface area contributed by atoms with E-state index >= 15 is 0 Å². The first kappa shape index (κ1) is 13.4. The van der Waals surface area contributed by atoms with Crippen LogP contribution < -0.4 is 11.1 Å². The van der Waals surface area contributed by atoms with Gasteiger partial charge in [0.1, 0.15) is 5.82 Å². The van der Waals surface area contributed by atoms with Crippen LogP contribution in [-0.2, 0) is 4.74 Å². The van der Waals surface area contributed by atoms with E-state index < -0.39 is 5.82 Å². The summed E-state index contributed by atoms with van der Waals surface area (Å²) in [4.78, 5) is 2.29. The maximum Gasteiger partial charge on any atom is 0.143 e. The van der Waals surface area contributed by atoms with Gasteiger partial charge in [-0.2, -0.15) is 0 Å². The molecule has 0 spiro atoms. The Morgan fingerprint density at radius 2 is 2.11 bits per heavy atom. The molecule has 0 aromatic heterocycles. The average Bonchev–Trinajstić information content (AvgIpc) is 2.37. The summed E-state index contributed by atoms with van der Waals surface area (Å²) in [6.07, 6.45) is 0. The maximum atomic E-state index is 13.3. The smallest absolute Gasteiger partial charge is 0.143 e. The molecule has 2 rings (SSSR count). The molecule has 100 valence electrons. The molecule has 3 N–H and O–H groups in total. The lowest BCUT2D eigenvalue weighted by molar-refractivity contribution is 0.0398. The summed E-state index contributed by atoms with van der Waals surface area (Å²) in [6, 6.07) is 2.75. The van der Waals surface area contributed by atoms with E-state index in [-0.39, 0.29) is 5.02 Å². The number of nitrogen functional groups attached to an aromatic ring is 1. The second-order valence-corrected chi connectivity index (χ2v) is 4.64. The van der Waals surface area contributed by atoms with Gasteiger partial charge in [0, 0.05) is 32.2 Å². The fourth-order valence-corrected chi connectivity index (χ4v) is 2.06. The SMILES string of the molecule is Nc1cc(Cl)c(F)cc1NCCN1CCOCC1. The number of anilines is 2. The first-order chi connectivity index (χ1) is 8.66. The highest BCUT2D eigenvalue weighted by molar-refractivity contribution is 6.31. The molecule has 0 unspecified atom stereocenters. The Hall–Kier alpha value is -1.04. The molecule has 1 aromatic rings. The molecule has 1 aromatic carbocycles. The van der Waals surface area contributed by atoms with Crippen LogP contribution >= 0.6 is 11.6 Å². The van der Waals surface area contributed by atoms with Crippen LogP contribution in [-0.4, -0.2) is 44.3 Å². The zero-order chi connectivity index (χ0) is 13.0. The van der Waals surface area contributed by atoms with Crippen molar-refractivity contribution in [1.29, 1.82) is 0 Å². The number of hydrogen-bond donors (Lipinski definition) is 2. The normalized spacial score (nSPS) is 16.8. The van der Waals surface area contributed by atoms with E-state index in [1.165, 1.54) is 12.1 Å². The van der Waals surface area contributed by atoms with Crippen molar-refractivity contribution in [3.8, 4) is 0 Å². The maximum absolute atomic E-state index is 13.3. The van der Waals surface area contributed by atoms with E-state index in [0.29, 0.717) is 17.9 Å². The standard InChI is InChI=1S/C12H17ClFN3O/c13-9-7-11(15)12(8-10(9)14)16-1-2-17-3-5-18-6-4-17/h7-8,16H,1-6,15H2. The van der Waals surface area contributed by atoms with Gasteiger partial charge >= 0.3 is 0 Å². The number of hydrogen-bond acceptors (Lipinski definition) is 4. The van der Waals surface area contributed by atoms with E-state index in [9.17, 15) is 4.39 Å². The predicted octanol–water partition coefficient (Wildman–Crippen LogP) is 1.81. The number of nitrogens with two attached hydrogens (primary N) is 1. The number of benzene rings is 1. The molecule has 0 radical (unpaired) electrons. The van der Waals surface area contributed by atoms with Crippen molar-refractivity contribution in [2.45, 2.75) is 0 Å². The summed E-state index contributed by atoms with van der Waals surface area (Å²) in [6.45, 7) is 5.02. The number of morpholine rings is 1. The molecule has 1 saturated heterocycles. The Labute approximate surface area is 111 Å². The van der Waals surface area contributed by atoms with Crippen molar-refractivity contribution in [3.63, 3.8) is 0 Å². The topological polar surface area (TPSA) is 50.5 Å². The minimum atomic E-state index is -0.459. The summed E-state index contributed by atoms with van der Waals surface area (Å²) < 4.78 is 18.6. The van der Waals surface area contributed by atoms with Crippen LogP contribution in [0.5, 0.6) is 0 Å². The molecule has 1 heterocycles. The van der Waals surface area contributed by atoms with Crippen molar-refractivity contribution in [1.82, 2.24) is 4.90 Å². The minimum Gasteiger partial charge on any atom is -0.397 e. The second kappa shape index (κ2) is 6.22. The lowest BCUT2D eigenvalue weighted by Gasteiger charge is -2.26. The lowest BCUT2D eigenvalue weighted by atomic mass is 10.2. The fraction of sp³-hybridized carbons (Fsp3) is 0.500. The Morgan fingerprint density at radius 3 is 2.83 bits per heavy atom. The molecule has 18 heavy (non-hydrogen) atoms. The van der Waals surface area contributed by atoms with Gasteiger partial charge in [-0.05, 0) is 6.07 Å². The molecule has 6 heteroatoms. The van der Waals surface area contributed by atoms with Crippen LogP contribution in [0.15, 0.2) is 12.1 Å². The zero-order valence-electron chi connectivity index (χ0n) is 10.1. The van der Waals surface area contributed by atoms with Gasteiger partial charge in [0.25, 0.3) is 0 Å². The summed E-state index contributed by atoms with van der Waals surface area (Å²) in [5, 5.41) is 3.17. The Kier molecular flexibility index (Phi) is 4.63. The average molecular weight is 274 g/mol. The van der Waals surface area contributed by atoms with Crippen molar-refractivity contribution >= 4 is 23.0 Å². The molecule has 0 aliphatic carbocycles. The lowest BCUT2D eigenvalue weighted by Crippen LogP contribution is -2.39. The van der Waals surface area contributed by atoms with Gasteiger partial charge in [-0.25, -0.2) is 4.39 Å². The van der Waals surface area contributed by atoms with E-state index in [2.05, 4.69) is 10.2 Å². The molecule has 1 fully saturated rings. The molecule has 1 aliphatic heterocycles. The summed E-state index contributed by atoms with van der Waals surface area (Å²) in [5.41, 5.74) is 6.81. The first-order valence-electron chi connectivity index (χ1n) is 5.95. The monoisotopic (exact) mass is 273 g/mol. The van der Waals surface area contributed by atoms with Crippen LogP contribution in [0.25, 0.3) is 0 Å². The molecule has 4 nitrogen and oxygen atoms in total. The zero-order valence-corrected chi connectivity index (χ0v) is 10.8. The van der Waals surface area contributed by atoms with E-state index in [1.807, 2.05) is 0 Å². The Bertz CT molecular complexity index is 411. The van der Waals surface area contributed by atoms with E-state index in [1.54, 1.807) is 0 Å². The molecular formula is C12H17ClFN3O. The quantitative estimate of drug-likeness (QED) is 0.822. The van der Waals surface area contributed by atoms with Gasteiger partial charge in [-0.3, -0.25) is 4.90 Å². The van der Waals surface area contributed by atoms with Crippen molar-refractivity contribution in [3.05, 3.63) is 23.0 Å². The van der Waals surface area contributed by atoms with Gasteiger partial charge in [0.15, 0.2) is 0 Å². The molecule has 0 atom stereocenters. The van der Waals surface area contributed by atoms with Gasteiger partial charge < -0.3 is 15.8 Å².